The Morgan fingerprint density at radius 3 is 2.58 bits per heavy atom. The van der Waals surface area contributed by atoms with Crippen molar-refractivity contribution in [3.05, 3.63) is 65.7 Å². The lowest BCUT2D eigenvalue weighted by Crippen LogP contribution is -2.41. The molecule has 0 heterocycles. The van der Waals surface area contributed by atoms with Gasteiger partial charge in [0.15, 0.2) is 0 Å². The van der Waals surface area contributed by atoms with Crippen molar-refractivity contribution < 1.29 is 17.9 Å². The van der Waals surface area contributed by atoms with Crippen molar-refractivity contribution in [2.75, 3.05) is 24.5 Å². The Labute approximate surface area is 185 Å². The number of hydrogen-bond acceptors (Lipinski definition) is 4. The summed E-state index contributed by atoms with van der Waals surface area (Å²) in [5, 5.41) is 2.87. The van der Waals surface area contributed by atoms with Crippen molar-refractivity contribution in [1.82, 2.24) is 5.32 Å². The number of hydrogen-bond donors (Lipinski definition) is 1. The molecule has 3 rings (SSSR count). The molecule has 0 fully saturated rings. The molecule has 0 spiro atoms. The zero-order valence-corrected chi connectivity index (χ0v) is 19.0. The fourth-order valence-electron chi connectivity index (χ4n) is 3.60. The monoisotopic (exact) mass is 442 g/mol. The van der Waals surface area contributed by atoms with Gasteiger partial charge >= 0.3 is 0 Å². The van der Waals surface area contributed by atoms with E-state index in [9.17, 15) is 13.2 Å². The predicted molar refractivity (Wildman–Crippen MR) is 123 cm³/mol. The summed E-state index contributed by atoms with van der Waals surface area (Å²) in [6.45, 7) is 2.09. The molecule has 0 bridgehead atoms. The molecule has 0 saturated heterocycles. The molecule has 0 radical (unpaired) electrons. The number of methoxy groups -OCH3 is 1. The summed E-state index contributed by atoms with van der Waals surface area (Å²) in [5.74, 6) is 0.182. The summed E-state index contributed by atoms with van der Waals surface area (Å²) in [6.07, 6.45) is 7.64. The van der Waals surface area contributed by atoms with E-state index in [0.29, 0.717) is 18.0 Å². The van der Waals surface area contributed by atoms with Crippen molar-refractivity contribution in [3.8, 4) is 5.75 Å². The van der Waals surface area contributed by atoms with Gasteiger partial charge in [0.1, 0.15) is 12.3 Å². The van der Waals surface area contributed by atoms with E-state index in [2.05, 4.69) is 11.4 Å². The number of rotatable bonds is 9. The van der Waals surface area contributed by atoms with Crippen molar-refractivity contribution in [3.63, 3.8) is 0 Å². The lowest BCUT2D eigenvalue weighted by molar-refractivity contribution is -0.119. The molecule has 6 nitrogen and oxygen atoms in total. The number of sulfonamides is 1. The summed E-state index contributed by atoms with van der Waals surface area (Å²) in [7, 11) is -2.41. The lowest BCUT2D eigenvalue weighted by atomic mass is 9.97. The van der Waals surface area contributed by atoms with Crippen LogP contribution in [0.1, 0.15) is 37.7 Å². The van der Waals surface area contributed by atoms with E-state index in [0.717, 1.165) is 29.1 Å². The highest BCUT2D eigenvalue weighted by Gasteiger charge is 2.27. The van der Waals surface area contributed by atoms with Gasteiger partial charge in [0.25, 0.3) is 10.0 Å². The van der Waals surface area contributed by atoms with Crippen LogP contribution in [-0.4, -0.2) is 34.5 Å². The first-order valence-corrected chi connectivity index (χ1v) is 12.0. The average molecular weight is 443 g/mol. The lowest BCUT2D eigenvalue weighted by Gasteiger charge is -2.24. The molecule has 7 heteroatoms. The van der Waals surface area contributed by atoms with Crippen LogP contribution in [0.5, 0.6) is 5.75 Å². The first-order valence-electron chi connectivity index (χ1n) is 10.6. The van der Waals surface area contributed by atoms with Crippen LogP contribution in [0.25, 0.3) is 0 Å². The molecule has 2 aromatic rings. The summed E-state index contributed by atoms with van der Waals surface area (Å²) in [6, 6.07) is 13.3. The molecule has 0 aromatic heterocycles. The third-order valence-corrected chi connectivity index (χ3v) is 7.18. The SMILES string of the molecule is COc1cccc(N(CC(=O)NCCC2=CCCCC2)S(=O)(=O)c2ccc(C)cc2)c1. The van der Waals surface area contributed by atoms with Crippen LogP contribution in [0.3, 0.4) is 0 Å². The van der Waals surface area contributed by atoms with Crippen LogP contribution < -0.4 is 14.4 Å². The minimum atomic E-state index is -3.93. The van der Waals surface area contributed by atoms with Crippen LogP contribution in [0.15, 0.2) is 65.1 Å². The summed E-state index contributed by atoms with van der Waals surface area (Å²) < 4.78 is 33.2. The number of allylic oxidation sites excluding steroid dienone is 1. The second-order valence-corrected chi connectivity index (χ2v) is 9.60. The maximum absolute atomic E-state index is 13.4. The quantitative estimate of drug-likeness (QED) is 0.591. The Kier molecular flexibility index (Phi) is 7.74. The fourth-order valence-corrected chi connectivity index (χ4v) is 5.01. The Morgan fingerprint density at radius 2 is 1.90 bits per heavy atom. The predicted octanol–water partition coefficient (Wildman–Crippen LogP) is 4.21. The molecular formula is C24H30N2O4S. The maximum atomic E-state index is 13.4. The van der Waals surface area contributed by atoms with E-state index >= 15 is 0 Å². The Morgan fingerprint density at radius 1 is 1.13 bits per heavy atom. The molecule has 1 amide bonds. The van der Waals surface area contributed by atoms with Crippen LogP contribution in [0.2, 0.25) is 0 Å². The first-order chi connectivity index (χ1) is 14.9. The second-order valence-electron chi connectivity index (χ2n) is 7.73. The first kappa shape index (κ1) is 22.9. The molecular weight excluding hydrogens is 412 g/mol. The maximum Gasteiger partial charge on any atom is 0.264 e. The van der Waals surface area contributed by atoms with Crippen LogP contribution >= 0.6 is 0 Å². The number of benzene rings is 2. The Bertz CT molecular complexity index is 1030. The van der Waals surface area contributed by atoms with Gasteiger partial charge in [-0.2, -0.15) is 0 Å². The van der Waals surface area contributed by atoms with E-state index in [-0.39, 0.29) is 17.3 Å². The van der Waals surface area contributed by atoms with Gasteiger partial charge in [0.2, 0.25) is 5.91 Å². The van der Waals surface area contributed by atoms with Gasteiger partial charge < -0.3 is 10.1 Å². The number of amides is 1. The minimum absolute atomic E-state index is 0.140. The second kappa shape index (κ2) is 10.5. The zero-order chi connectivity index (χ0) is 22.3. The van der Waals surface area contributed by atoms with Gasteiger partial charge in [-0.05, 0) is 63.3 Å². The molecule has 1 N–H and O–H groups in total. The van der Waals surface area contributed by atoms with Crippen LogP contribution in [0, 0.1) is 6.92 Å². The largest absolute Gasteiger partial charge is 0.497 e. The molecule has 0 atom stereocenters. The van der Waals surface area contributed by atoms with Crippen molar-refractivity contribution >= 4 is 21.6 Å². The fraction of sp³-hybridized carbons (Fsp3) is 0.375. The van der Waals surface area contributed by atoms with Crippen molar-refractivity contribution in [2.24, 2.45) is 0 Å². The normalized spacial score (nSPS) is 13.9. The highest BCUT2D eigenvalue weighted by Crippen LogP contribution is 2.27. The van der Waals surface area contributed by atoms with Gasteiger partial charge in [0.05, 0.1) is 17.7 Å². The van der Waals surface area contributed by atoms with Crippen molar-refractivity contribution in [1.29, 1.82) is 0 Å². The molecule has 0 aliphatic heterocycles. The van der Waals surface area contributed by atoms with Crippen LogP contribution in [-0.2, 0) is 14.8 Å². The van der Waals surface area contributed by atoms with Gasteiger partial charge in [-0.15, -0.1) is 0 Å². The summed E-state index contributed by atoms with van der Waals surface area (Å²) >= 11 is 0. The third kappa shape index (κ3) is 6.10. The van der Waals surface area contributed by atoms with E-state index < -0.39 is 10.0 Å². The highest BCUT2D eigenvalue weighted by molar-refractivity contribution is 7.92. The molecule has 2 aromatic carbocycles. The van der Waals surface area contributed by atoms with Crippen molar-refractivity contribution in [2.45, 2.75) is 43.9 Å². The van der Waals surface area contributed by atoms with Gasteiger partial charge in [-0.25, -0.2) is 8.42 Å². The van der Waals surface area contributed by atoms with Crippen LogP contribution in [0.4, 0.5) is 5.69 Å². The Hall–Kier alpha value is -2.80. The third-order valence-electron chi connectivity index (χ3n) is 5.39. The van der Waals surface area contributed by atoms with Gasteiger partial charge in [-0.3, -0.25) is 9.10 Å². The smallest absolute Gasteiger partial charge is 0.264 e. The molecule has 31 heavy (non-hydrogen) atoms. The van der Waals surface area contributed by atoms with Gasteiger partial charge in [0, 0.05) is 12.6 Å². The molecule has 166 valence electrons. The summed E-state index contributed by atoms with van der Waals surface area (Å²) in [5.41, 5.74) is 2.70. The van der Waals surface area contributed by atoms with E-state index in [1.807, 2.05) is 6.92 Å². The Balaban J connectivity index is 1.79. The molecule has 1 aliphatic carbocycles. The number of nitrogens with one attached hydrogen (secondary N) is 1. The zero-order valence-electron chi connectivity index (χ0n) is 18.1. The van der Waals surface area contributed by atoms with E-state index in [4.69, 9.17) is 4.74 Å². The standard InChI is InChI=1S/C24H30N2O4S/c1-19-11-13-23(14-12-19)31(28,29)26(21-9-6-10-22(17-21)30-2)18-24(27)25-16-15-20-7-4-3-5-8-20/h6-7,9-14,17H,3-5,8,15-16,18H2,1-2H3,(H,25,27). The molecule has 0 unspecified atom stereocenters. The number of ether oxygens (including phenoxy) is 1. The summed E-state index contributed by atoms with van der Waals surface area (Å²) in [4.78, 5) is 12.8. The van der Waals surface area contributed by atoms with Gasteiger partial charge in [-0.1, -0.05) is 35.4 Å². The minimum Gasteiger partial charge on any atom is -0.497 e. The van der Waals surface area contributed by atoms with E-state index in [1.165, 1.54) is 25.5 Å². The number of aryl methyl sites for hydroxylation is 1. The number of carbonyl (C=O) groups excluding carboxylic acids is 1. The topological polar surface area (TPSA) is 75.7 Å². The number of anilines is 1. The molecule has 1 aliphatic rings. The average Bonchev–Trinajstić information content (AvgIpc) is 2.78. The molecule has 0 saturated carbocycles. The number of carbonyl (C=O) groups is 1. The number of nitrogens with zero attached hydrogens (tertiary/aromatic N) is 1. The van der Waals surface area contributed by atoms with E-state index in [1.54, 1.807) is 48.5 Å². The highest BCUT2D eigenvalue weighted by atomic mass is 32.2.